The first-order chi connectivity index (χ1) is 31.3. The number of rotatable bonds is 29. The Morgan fingerprint density at radius 1 is 0.723 bits per heavy atom. The van der Waals surface area contributed by atoms with Crippen LogP contribution in [0.3, 0.4) is 0 Å². The minimum atomic E-state index is -3.97. The Balaban J connectivity index is 0.941. The molecular weight excluding hydrogens is 861 g/mol. The molecule has 5 aromatic rings. The second kappa shape index (κ2) is 25.9. The fourth-order valence-corrected chi connectivity index (χ4v) is 7.31. The van der Waals surface area contributed by atoms with Crippen molar-refractivity contribution in [2.75, 3.05) is 96.5 Å². The van der Waals surface area contributed by atoms with Gasteiger partial charge in [0.05, 0.1) is 102 Å². The lowest BCUT2D eigenvalue weighted by Crippen LogP contribution is -2.34. The number of anilines is 3. The van der Waals surface area contributed by atoms with Gasteiger partial charge in [0.1, 0.15) is 5.60 Å². The number of nitrogens with one attached hydrogen (secondary N) is 3. The van der Waals surface area contributed by atoms with Crippen molar-refractivity contribution in [2.24, 2.45) is 0 Å². The Bertz CT molecular complexity index is 2330. The summed E-state index contributed by atoms with van der Waals surface area (Å²) in [7, 11) is -3.97. The largest absolute Gasteiger partial charge is 0.444 e. The van der Waals surface area contributed by atoms with Crippen molar-refractivity contribution in [3.63, 3.8) is 0 Å². The van der Waals surface area contributed by atoms with Gasteiger partial charge in [-0.2, -0.15) is 10.1 Å². The molecule has 20 heteroatoms. The van der Waals surface area contributed by atoms with Crippen LogP contribution in [0, 0.1) is 6.92 Å². The zero-order valence-corrected chi connectivity index (χ0v) is 38.7. The van der Waals surface area contributed by atoms with Gasteiger partial charge in [-0.15, -0.1) is 0 Å². The van der Waals surface area contributed by atoms with Gasteiger partial charge in [-0.05, 0) is 76.6 Å². The van der Waals surface area contributed by atoms with Crippen molar-refractivity contribution >= 4 is 50.4 Å². The molecule has 0 atom stereocenters. The summed E-state index contributed by atoms with van der Waals surface area (Å²) in [6.07, 6.45) is 5.67. The summed E-state index contributed by atoms with van der Waals surface area (Å²) in [5.74, 6) is -0.0189. The highest BCUT2D eigenvalue weighted by atomic mass is 32.2. The molecule has 354 valence electrons. The Morgan fingerprint density at radius 3 is 1.88 bits per heavy atom. The number of fused-ring (bicyclic) bond motifs is 1. The van der Waals surface area contributed by atoms with Gasteiger partial charge < -0.3 is 49.1 Å². The topological polar surface area (TPSA) is 218 Å². The smallest absolute Gasteiger partial charge is 0.407 e. The summed E-state index contributed by atoms with van der Waals surface area (Å²) in [6, 6.07) is 15.4. The number of benzene rings is 2. The summed E-state index contributed by atoms with van der Waals surface area (Å²) < 4.78 is 68.7. The van der Waals surface area contributed by atoms with Crippen molar-refractivity contribution in [1.29, 1.82) is 0 Å². The molecule has 0 radical (unpaired) electrons. The molecule has 0 fully saturated rings. The van der Waals surface area contributed by atoms with E-state index in [0.717, 1.165) is 24.1 Å². The van der Waals surface area contributed by atoms with Crippen LogP contribution in [0.5, 0.6) is 0 Å². The average Bonchev–Trinajstić information content (AvgIpc) is 3.92. The van der Waals surface area contributed by atoms with Gasteiger partial charge in [0.2, 0.25) is 11.9 Å². The lowest BCUT2D eigenvalue weighted by molar-refractivity contribution is -0.117. The highest BCUT2D eigenvalue weighted by Crippen LogP contribution is 2.31. The van der Waals surface area contributed by atoms with E-state index in [2.05, 4.69) is 33.0 Å². The van der Waals surface area contributed by atoms with Crippen molar-refractivity contribution in [3.05, 3.63) is 78.8 Å². The molecule has 0 aliphatic rings. The minimum absolute atomic E-state index is 0.143. The lowest BCUT2D eigenvalue weighted by Gasteiger charge is -2.19. The molecule has 0 aliphatic carbocycles. The SMILES string of the molecule is CCCn1cc(-c2nc(Nc3ccc(NC(=O)CCOCCOCCOCCOCCOCCOCCNC(=O)OC(C)(C)C)cc3)nc3c2ccn3S(=O)(=O)c2ccc(C)cc2)cn1. The third-order valence-corrected chi connectivity index (χ3v) is 10.8. The van der Waals surface area contributed by atoms with Crippen LogP contribution in [0.2, 0.25) is 0 Å². The van der Waals surface area contributed by atoms with E-state index in [4.69, 9.17) is 38.1 Å². The summed E-state index contributed by atoms with van der Waals surface area (Å²) in [5.41, 5.74) is 3.10. The zero-order valence-electron chi connectivity index (χ0n) is 37.9. The van der Waals surface area contributed by atoms with Crippen LogP contribution in [-0.4, -0.2) is 136 Å². The Hall–Kier alpha value is -5.48. The van der Waals surface area contributed by atoms with E-state index in [1.165, 1.54) is 10.2 Å². The second-order valence-corrected chi connectivity index (χ2v) is 17.5. The first-order valence-electron chi connectivity index (χ1n) is 21.7. The molecule has 19 nitrogen and oxygen atoms in total. The van der Waals surface area contributed by atoms with Gasteiger partial charge in [-0.3, -0.25) is 9.48 Å². The number of amides is 2. The standard InChI is InChI=1S/C45H62N8O11S/c1-6-18-52-33-35(32-47-52)41-39-15-19-53(65(56,57)38-13-7-34(2)8-14-38)42(39)51-43(50-41)49-37-11-9-36(10-12-37)48-40(54)16-20-58-22-24-60-26-28-62-30-31-63-29-27-61-25-23-59-21-17-46-44(55)64-45(3,4)5/h7-15,19,32-33H,6,16-18,20-31H2,1-5H3,(H,46,55)(H,48,54)(H,49,50,51). The molecule has 3 aromatic heterocycles. The van der Waals surface area contributed by atoms with E-state index in [9.17, 15) is 18.0 Å². The van der Waals surface area contributed by atoms with E-state index in [-0.39, 0.29) is 35.4 Å². The predicted octanol–water partition coefficient (Wildman–Crippen LogP) is 5.95. The second-order valence-electron chi connectivity index (χ2n) is 15.7. The van der Waals surface area contributed by atoms with Gasteiger partial charge in [0.25, 0.3) is 10.0 Å². The van der Waals surface area contributed by atoms with E-state index in [1.54, 1.807) is 81.6 Å². The average molecular weight is 923 g/mol. The molecule has 0 bridgehead atoms. The fourth-order valence-electron chi connectivity index (χ4n) is 6.02. The highest BCUT2D eigenvalue weighted by Gasteiger charge is 2.23. The molecule has 2 amide bonds. The molecule has 0 aliphatic heterocycles. The molecule has 0 spiro atoms. The van der Waals surface area contributed by atoms with Gasteiger partial charge in [-0.1, -0.05) is 24.6 Å². The van der Waals surface area contributed by atoms with Gasteiger partial charge in [0.15, 0.2) is 5.65 Å². The van der Waals surface area contributed by atoms with Gasteiger partial charge in [-0.25, -0.2) is 22.2 Å². The van der Waals surface area contributed by atoms with Crippen LogP contribution in [0.4, 0.5) is 22.1 Å². The first kappa shape index (κ1) is 50.5. The van der Waals surface area contributed by atoms with Crippen molar-refractivity contribution in [3.8, 4) is 11.3 Å². The van der Waals surface area contributed by atoms with Gasteiger partial charge >= 0.3 is 6.09 Å². The van der Waals surface area contributed by atoms with Crippen molar-refractivity contribution < 1.29 is 51.2 Å². The van der Waals surface area contributed by atoms with Crippen molar-refractivity contribution in [2.45, 2.75) is 64.5 Å². The minimum Gasteiger partial charge on any atom is -0.444 e. The Labute approximate surface area is 380 Å². The molecular formula is C45H62N8O11S. The summed E-state index contributed by atoms with van der Waals surface area (Å²) in [5, 5.41) is 13.7. The number of carbonyl (C=O) groups is 2. The van der Waals surface area contributed by atoms with E-state index < -0.39 is 21.7 Å². The van der Waals surface area contributed by atoms with Crippen molar-refractivity contribution in [1.82, 2.24) is 29.0 Å². The predicted molar refractivity (Wildman–Crippen MR) is 245 cm³/mol. The van der Waals surface area contributed by atoms with E-state index in [1.807, 2.05) is 17.8 Å². The van der Waals surface area contributed by atoms with Crippen LogP contribution in [-0.2, 0) is 54.5 Å². The molecule has 65 heavy (non-hydrogen) atoms. The third kappa shape index (κ3) is 17.1. The van der Waals surface area contributed by atoms with E-state index >= 15 is 0 Å². The summed E-state index contributed by atoms with van der Waals surface area (Å²) in [4.78, 5) is 33.8. The number of ether oxygens (including phenoxy) is 7. The monoisotopic (exact) mass is 922 g/mol. The van der Waals surface area contributed by atoms with Crippen LogP contribution >= 0.6 is 0 Å². The van der Waals surface area contributed by atoms with Crippen LogP contribution < -0.4 is 16.0 Å². The van der Waals surface area contributed by atoms with Crippen LogP contribution in [0.25, 0.3) is 22.3 Å². The zero-order chi connectivity index (χ0) is 46.5. The molecule has 2 aromatic carbocycles. The maximum atomic E-state index is 13.8. The van der Waals surface area contributed by atoms with E-state index in [0.29, 0.717) is 102 Å². The number of alkyl carbamates (subject to hydrolysis) is 1. The quantitative estimate of drug-likeness (QED) is 0.0473. The molecule has 5 rings (SSSR count). The number of aromatic nitrogens is 5. The Morgan fingerprint density at radius 2 is 1.29 bits per heavy atom. The molecule has 0 saturated heterocycles. The normalized spacial score (nSPS) is 11.8. The fraction of sp³-hybridized carbons (Fsp3) is 0.489. The molecule has 0 unspecified atom stereocenters. The maximum Gasteiger partial charge on any atom is 0.407 e. The number of aryl methyl sites for hydroxylation is 2. The lowest BCUT2D eigenvalue weighted by atomic mass is 10.2. The van der Waals surface area contributed by atoms with Crippen LogP contribution in [0.15, 0.2) is 78.1 Å². The number of hydrogen-bond donors (Lipinski definition) is 3. The van der Waals surface area contributed by atoms with Gasteiger partial charge in [0, 0.05) is 47.8 Å². The molecule has 3 N–H and O–H groups in total. The highest BCUT2D eigenvalue weighted by molar-refractivity contribution is 7.90. The number of nitrogens with zero attached hydrogens (tertiary/aromatic N) is 5. The number of hydrogen-bond acceptors (Lipinski definition) is 15. The molecule has 3 heterocycles. The number of carbonyl (C=O) groups excluding carboxylic acids is 2. The Kier molecular flexibility index (Phi) is 20.1. The summed E-state index contributed by atoms with van der Waals surface area (Å²) >= 11 is 0. The summed E-state index contributed by atoms with van der Waals surface area (Å²) in [6.45, 7) is 15.2. The molecule has 0 saturated carbocycles. The third-order valence-electron chi connectivity index (χ3n) is 9.12. The maximum absolute atomic E-state index is 13.8. The van der Waals surface area contributed by atoms with Crippen LogP contribution in [0.1, 0.15) is 46.1 Å². The first-order valence-corrected chi connectivity index (χ1v) is 23.1.